The maximum Gasteiger partial charge on any atom is 0.472 e. The summed E-state index contributed by atoms with van der Waals surface area (Å²) >= 11 is 0. The van der Waals surface area contributed by atoms with Crippen molar-refractivity contribution in [3.8, 4) is 0 Å². The first-order valence-corrected chi connectivity index (χ1v) is 18.8. The summed E-state index contributed by atoms with van der Waals surface area (Å²) in [5, 5.41) is 0. The van der Waals surface area contributed by atoms with Crippen LogP contribution >= 0.6 is 7.82 Å². The molecule has 0 aliphatic carbocycles. The van der Waals surface area contributed by atoms with Crippen LogP contribution in [-0.4, -0.2) is 49.3 Å². The Morgan fingerprint density at radius 3 is 1.70 bits per heavy atom. The van der Waals surface area contributed by atoms with Gasteiger partial charge in [0, 0.05) is 19.4 Å². The fourth-order valence-corrected chi connectivity index (χ4v) is 5.27. The molecule has 2 atom stereocenters. The summed E-state index contributed by atoms with van der Waals surface area (Å²) in [4.78, 5) is 34.5. The second-order valence-corrected chi connectivity index (χ2v) is 12.9. The smallest absolute Gasteiger partial charge is 0.462 e. The summed E-state index contributed by atoms with van der Waals surface area (Å²) in [6.45, 7) is 3.63. The SMILES string of the molecule is CCCCCC/C=C/C=C/CCCCCCCC(=O)OC[C@@H](COP(=O)(O)OCCN)OC(=O)CCCCCCCCCC. The van der Waals surface area contributed by atoms with Crippen LogP contribution < -0.4 is 5.73 Å². The normalized spacial score (nSPS) is 13.8. The van der Waals surface area contributed by atoms with E-state index in [0.717, 1.165) is 57.8 Å². The fraction of sp³-hybridized carbons (Fsp3) is 0.824. The average Bonchev–Trinajstić information content (AvgIpc) is 3.00. The number of hydrogen-bond acceptors (Lipinski definition) is 8. The van der Waals surface area contributed by atoms with E-state index in [1.807, 2.05) is 0 Å². The highest BCUT2D eigenvalue weighted by Crippen LogP contribution is 2.43. The van der Waals surface area contributed by atoms with Gasteiger partial charge >= 0.3 is 19.8 Å². The lowest BCUT2D eigenvalue weighted by Gasteiger charge is -2.19. The van der Waals surface area contributed by atoms with E-state index in [1.165, 1.54) is 51.4 Å². The summed E-state index contributed by atoms with van der Waals surface area (Å²) in [5.41, 5.74) is 5.31. The highest BCUT2D eigenvalue weighted by atomic mass is 31.2. The Labute approximate surface area is 268 Å². The molecule has 0 saturated carbocycles. The standard InChI is InChI=1S/C34H64NO8P/c1-3-5-7-9-11-13-14-15-16-17-18-19-21-22-24-26-33(36)40-30-32(31-42-44(38,39)41-29-28-35)43-34(37)27-25-23-20-12-10-8-6-4-2/h13-16,32H,3-12,17-31,35H2,1-2H3,(H,38,39)/b14-13+,16-15+/t32-/m0/s1. The number of ether oxygens (including phenoxy) is 2. The molecule has 0 aromatic carbocycles. The number of hydrogen-bond donors (Lipinski definition) is 2. The van der Waals surface area contributed by atoms with Crippen LogP contribution in [0, 0.1) is 0 Å². The van der Waals surface area contributed by atoms with Gasteiger partial charge in [0.25, 0.3) is 0 Å². The molecule has 1 unspecified atom stereocenters. The number of phosphoric ester groups is 1. The van der Waals surface area contributed by atoms with E-state index in [-0.39, 0.29) is 32.6 Å². The first-order chi connectivity index (χ1) is 21.3. The molecule has 0 spiro atoms. The van der Waals surface area contributed by atoms with Gasteiger partial charge in [0.05, 0.1) is 13.2 Å². The minimum atomic E-state index is -4.36. The largest absolute Gasteiger partial charge is 0.472 e. The number of phosphoric acid groups is 1. The molecule has 0 fully saturated rings. The van der Waals surface area contributed by atoms with Crippen LogP contribution in [0.3, 0.4) is 0 Å². The monoisotopic (exact) mass is 645 g/mol. The van der Waals surface area contributed by atoms with E-state index < -0.39 is 32.5 Å². The van der Waals surface area contributed by atoms with E-state index >= 15 is 0 Å². The lowest BCUT2D eigenvalue weighted by Crippen LogP contribution is -2.29. The molecule has 10 heteroatoms. The van der Waals surface area contributed by atoms with E-state index in [1.54, 1.807) is 0 Å². The summed E-state index contributed by atoms with van der Waals surface area (Å²) in [7, 11) is -4.36. The molecular formula is C34H64NO8P. The topological polar surface area (TPSA) is 134 Å². The van der Waals surface area contributed by atoms with Gasteiger partial charge in [-0.2, -0.15) is 0 Å². The number of allylic oxidation sites excluding steroid dienone is 4. The molecule has 0 heterocycles. The van der Waals surface area contributed by atoms with Crippen LogP contribution in [0.4, 0.5) is 0 Å². The highest BCUT2D eigenvalue weighted by Gasteiger charge is 2.25. The third-order valence-corrected chi connectivity index (χ3v) is 8.10. The molecule has 0 amide bonds. The van der Waals surface area contributed by atoms with Crippen molar-refractivity contribution in [3.05, 3.63) is 24.3 Å². The van der Waals surface area contributed by atoms with Gasteiger partial charge in [-0.25, -0.2) is 4.57 Å². The van der Waals surface area contributed by atoms with Crippen molar-refractivity contribution in [2.45, 2.75) is 155 Å². The number of rotatable bonds is 32. The van der Waals surface area contributed by atoms with Gasteiger partial charge in [-0.05, 0) is 38.5 Å². The Morgan fingerprint density at radius 1 is 0.682 bits per heavy atom. The molecule has 0 aliphatic rings. The Hall–Kier alpha value is -1.51. The first-order valence-electron chi connectivity index (χ1n) is 17.3. The maximum atomic E-state index is 12.4. The van der Waals surface area contributed by atoms with Crippen molar-refractivity contribution in [3.63, 3.8) is 0 Å². The lowest BCUT2D eigenvalue weighted by atomic mass is 10.1. The van der Waals surface area contributed by atoms with Crippen LogP contribution in [-0.2, 0) is 32.7 Å². The van der Waals surface area contributed by atoms with Crippen molar-refractivity contribution >= 4 is 19.8 Å². The zero-order valence-corrected chi connectivity index (χ0v) is 28.8. The molecule has 44 heavy (non-hydrogen) atoms. The second-order valence-electron chi connectivity index (χ2n) is 11.4. The number of esters is 2. The quantitative estimate of drug-likeness (QED) is 0.0318. The summed E-state index contributed by atoms with van der Waals surface area (Å²) < 4.78 is 32.4. The number of nitrogens with two attached hydrogens (primary N) is 1. The van der Waals surface area contributed by atoms with Crippen LogP contribution in [0.15, 0.2) is 24.3 Å². The van der Waals surface area contributed by atoms with Crippen LogP contribution in [0.5, 0.6) is 0 Å². The predicted octanol–water partition coefficient (Wildman–Crippen LogP) is 8.88. The molecular weight excluding hydrogens is 581 g/mol. The van der Waals surface area contributed by atoms with Crippen molar-refractivity contribution in [1.82, 2.24) is 0 Å². The lowest BCUT2D eigenvalue weighted by molar-refractivity contribution is -0.161. The summed E-state index contributed by atoms with van der Waals surface area (Å²) in [5.74, 6) is -0.852. The van der Waals surface area contributed by atoms with Crippen molar-refractivity contribution in [2.24, 2.45) is 5.73 Å². The Balaban J connectivity index is 4.25. The van der Waals surface area contributed by atoms with Crippen LogP contribution in [0.2, 0.25) is 0 Å². The molecule has 3 N–H and O–H groups in total. The third kappa shape index (κ3) is 30.5. The van der Waals surface area contributed by atoms with Crippen molar-refractivity contribution < 1.29 is 37.6 Å². The zero-order chi connectivity index (χ0) is 32.6. The molecule has 0 aromatic rings. The summed E-state index contributed by atoms with van der Waals surface area (Å²) in [6, 6.07) is 0. The molecule has 9 nitrogen and oxygen atoms in total. The number of carbonyl (C=O) groups is 2. The minimum Gasteiger partial charge on any atom is -0.462 e. The highest BCUT2D eigenvalue weighted by molar-refractivity contribution is 7.47. The van der Waals surface area contributed by atoms with Crippen molar-refractivity contribution in [2.75, 3.05) is 26.4 Å². The zero-order valence-electron chi connectivity index (χ0n) is 27.9. The minimum absolute atomic E-state index is 0.0521. The van der Waals surface area contributed by atoms with Crippen molar-refractivity contribution in [1.29, 1.82) is 0 Å². The third-order valence-electron chi connectivity index (χ3n) is 7.12. The summed E-state index contributed by atoms with van der Waals surface area (Å²) in [6.07, 6.45) is 29.3. The van der Waals surface area contributed by atoms with Gasteiger partial charge in [-0.15, -0.1) is 0 Å². The maximum absolute atomic E-state index is 12.4. The van der Waals surface area contributed by atoms with E-state index in [4.69, 9.17) is 24.3 Å². The van der Waals surface area contributed by atoms with E-state index in [9.17, 15) is 19.0 Å². The van der Waals surface area contributed by atoms with E-state index in [2.05, 4.69) is 38.2 Å². The van der Waals surface area contributed by atoms with Gasteiger partial charge in [0.2, 0.25) is 0 Å². The first kappa shape index (κ1) is 42.5. The van der Waals surface area contributed by atoms with Crippen LogP contribution in [0.1, 0.15) is 149 Å². The van der Waals surface area contributed by atoms with Gasteiger partial charge in [0.1, 0.15) is 6.61 Å². The molecule has 0 rings (SSSR count). The van der Waals surface area contributed by atoms with Gasteiger partial charge in [0.15, 0.2) is 6.10 Å². The molecule has 0 bridgehead atoms. The Morgan fingerprint density at radius 2 is 1.16 bits per heavy atom. The molecule has 0 aliphatic heterocycles. The van der Waals surface area contributed by atoms with Gasteiger partial charge < -0.3 is 20.1 Å². The molecule has 0 saturated heterocycles. The van der Waals surface area contributed by atoms with Crippen LogP contribution in [0.25, 0.3) is 0 Å². The Kier molecular flexibility index (Phi) is 30.4. The van der Waals surface area contributed by atoms with Gasteiger partial charge in [-0.1, -0.05) is 122 Å². The van der Waals surface area contributed by atoms with Gasteiger partial charge in [-0.3, -0.25) is 18.6 Å². The molecule has 0 radical (unpaired) electrons. The van der Waals surface area contributed by atoms with E-state index in [0.29, 0.717) is 12.8 Å². The predicted molar refractivity (Wildman–Crippen MR) is 178 cm³/mol. The Bertz CT molecular complexity index is 789. The number of unbranched alkanes of at least 4 members (excludes halogenated alkanes) is 16. The fourth-order valence-electron chi connectivity index (χ4n) is 4.51. The number of carbonyl (C=O) groups excluding carboxylic acids is 2. The average molecular weight is 646 g/mol. The molecule has 0 aromatic heterocycles. The molecule has 258 valence electrons. The second kappa shape index (κ2) is 31.5.